The largest absolute Gasteiger partial charge is 0.504 e. The van der Waals surface area contributed by atoms with Gasteiger partial charge in [-0.25, -0.2) is 4.39 Å². The molecule has 2 aromatic carbocycles. The Morgan fingerprint density at radius 1 is 1.19 bits per heavy atom. The van der Waals surface area contributed by atoms with Crippen LogP contribution in [0.5, 0.6) is 11.5 Å². The van der Waals surface area contributed by atoms with Crippen molar-refractivity contribution in [3.8, 4) is 11.5 Å². The van der Waals surface area contributed by atoms with Gasteiger partial charge in [0.05, 0.1) is 6.61 Å². The number of rotatable bonds is 7. The number of hydrogen-bond donors (Lipinski definition) is 2. The van der Waals surface area contributed by atoms with Gasteiger partial charge in [0.1, 0.15) is 5.82 Å². The van der Waals surface area contributed by atoms with Gasteiger partial charge in [0.15, 0.2) is 11.5 Å². The molecule has 2 aromatic rings. The zero-order valence-corrected chi connectivity index (χ0v) is 15.2. The Bertz CT molecular complexity index is 723. The SMILES string of the molecule is CCOc1cccc(CNC2CCCN(Cc3ccccc3F)C2)c1O. The molecule has 0 aromatic heterocycles. The van der Waals surface area contributed by atoms with E-state index in [0.717, 1.165) is 37.1 Å². The van der Waals surface area contributed by atoms with Crippen molar-refractivity contribution in [1.29, 1.82) is 0 Å². The number of halogens is 1. The lowest BCUT2D eigenvalue weighted by atomic mass is 10.0. The van der Waals surface area contributed by atoms with Crippen LogP contribution in [0.25, 0.3) is 0 Å². The highest BCUT2D eigenvalue weighted by Crippen LogP contribution is 2.29. The van der Waals surface area contributed by atoms with Crippen molar-refractivity contribution < 1.29 is 14.2 Å². The first-order valence-electron chi connectivity index (χ1n) is 9.30. The zero-order chi connectivity index (χ0) is 18.4. The molecule has 140 valence electrons. The summed E-state index contributed by atoms with van der Waals surface area (Å²) in [5.74, 6) is 0.595. The summed E-state index contributed by atoms with van der Waals surface area (Å²) in [7, 11) is 0. The van der Waals surface area contributed by atoms with Crippen LogP contribution in [0, 0.1) is 5.82 Å². The Labute approximate surface area is 154 Å². The van der Waals surface area contributed by atoms with E-state index in [0.29, 0.717) is 31.5 Å². The number of hydrogen-bond acceptors (Lipinski definition) is 4. The fourth-order valence-corrected chi connectivity index (χ4v) is 3.47. The minimum atomic E-state index is -0.139. The highest BCUT2D eigenvalue weighted by molar-refractivity contribution is 5.45. The van der Waals surface area contributed by atoms with Crippen molar-refractivity contribution in [3.63, 3.8) is 0 Å². The molecule has 0 saturated carbocycles. The molecule has 4 nitrogen and oxygen atoms in total. The predicted molar refractivity (Wildman–Crippen MR) is 101 cm³/mol. The number of piperidine rings is 1. The van der Waals surface area contributed by atoms with E-state index >= 15 is 0 Å². The standard InChI is InChI=1S/C21H27FN2O2/c1-2-26-20-11-5-8-16(21(20)25)13-23-18-9-6-12-24(15-18)14-17-7-3-4-10-19(17)22/h3-5,7-8,10-11,18,23,25H,2,6,9,12-15H2,1H3. The van der Waals surface area contributed by atoms with E-state index in [1.165, 1.54) is 6.07 Å². The molecular formula is C21H27FN2O2. The summed E-state index contributed by atoms with van der Waals surface area (Å²) in [6.07, 6.45) is 2.16. The Hall–Kier alpha value is -2.11. The first-order valence-corrected chi connectivity index (χ1v) is 9.30. The van der Waals surface area contributed by atoms with Crippen LogP contribution in [0.2, 0.25) is 0 Å². The molecule has 1 saturated heterocycles. The van der Waals surface area contributed by atoms with Gasteiger partial charge >= 0.3 is 0 Å². The lowest BCUT2D eigenvalue weighted by Gasteiger charge is -2.33. The molecule has 1 unspecified atom stereocenters. The molecule has 26 heavy (non-hydrogen) atoms. The Morgan fingerprint density at radius 3 is 2.81 bits per heavy atom. The smallest absolute Gasteiger partial charge is 0.162 e. The second kappa shape index (κ2) is 9.01. The predicted octanol–water partition coefficient (Wildman–Crippen LogP) is 3.68. The third kappa shape index (κ3) is 4.74. The summed E-state index contributed by atoms with van der Waals surface area (Å²) >= 11 is 0. The van der Waals surface area contributed by atoms with Crippen molar-refractivity contribution in [2.24, 2.45) is 0 Å². The molecule has 0 amide bonds. The number of likely N-dealkylation sites (tertiary alicyclic amines) is 1. The third-order valence-corrected chi connectivity index (χ3v) is 4.82. The van der Waals surface area contributed by atoms with E-state index < -0.39 is 0 Å². The molecule has 1 aliphatic rings. The fourth-order valence-electron chi connectivity index (χ4n) is 3.47. The van der Waals surface area contributed by atoms with Crippen LogP contribution in [-0.2, 0) is 13.1 Å². The van der Waals surface area contributed by atoms with Gasteiger partial charge < -0.3 is 15.2 Å². The maximum Gasteiger partial charge on any atom is 0.162 e. The van der Waals surface area contributed by atoms with Gasteiger partial charge in [-0.05, 0) is 38.4 Å². The minimum Gasteiger partial charge on any atom is -0.504 e. The van der Waals surface area contributed by atoms with Crippen molar-refractivity contribution in [2.75, 3.05) is 19.7 Å². The molecular weight excluding hydrogens is 331 g/mol. The van der Waals surface area contributed by atoms with E-state index in [4.69, 9.17) is 4.74 Å². The number of phenols is 1. The van der Waals surface area contributed by atoms with Gasteiger partial charge in [-0.2, -0.15) is 0 Å². The highest BCUT2D eigenvalue weighted by Gasteiger charge is 2.21. The van der Waals surface area contributed by atoms with Crippen LogP contribution in [0.3, 0.4) is 0 Å². The lowest BCUT2D eigenvalue weighted by molar-refractivity contribution is 0.180. The number of nitrogens with zero attached hydrogens (tertiary/aromatic N) is 1. The summed E-state index contributed by atoms with van der Waals surface area (Å²) in [6, 6.07) is 12.9. The van der Waals surface area contributed by atoms with Gasteiger partial charge in [0.2, 0.25) is 0 Å². The second-order valence-corrected chi connectivity index (χ2v) is 6.74. The summed E-state index contributed by atoms with van der Waals surface area (Å²) in [6.45, 7) is 5.51. The van der Waals surface area contributed by atoms with Gasteiger partial charge in [0.25, 0.3) is 0 Å². The van der Waals surface area contributed by atoms with Gasteiger partial charge in [0, 0.05) is 36.8 Å². The summed E-state index contributed by atoms with van der Waals surface area (Å²) in [5, 5.41) is 13.8. The normalized spacial score (nSPS) is 18.0. The average molecular weight is 358 g/mol. The van der Waals surface area contributed by atoms with E-state index in [-0.39, 0.29) is 11.6 Å². The van der Waals surface area contributed by atoms with E-state index in [1.807, 2.05) is 31.2 Å². The number of ether oxygens (including phenoxy) is 1. The summed E-state index contributed by atoms with van der Waals surface area (Å²) in [4.78, 5) is 2.29. The molecule has 1 fully saturated rings. The number of para-hydroxylation sites is 1. The number of nitrogens with one attached hydrogen (secondary N) is 1. The van der Waals surface area contributed by atoms with Crippen molar-refractivity contribution in [2.45, 2.75) is 38.9 Å². The van der Waals surface area contributed by atoms with Crippen LogP contribution in [0.4, 0.5) is 4.39 Å². The number of phenolic OH excluding ortho intramolecular Hbond substituents is 1. The van der Waals surface area contributed by atoms with E-state index in [2.05, 4.69) is 10.2 Å². The van der Waals surface area contributed by atoms with Crippen molar-refractivity contribution in [1.82, 2.24) is 10.2 Å². The van der Waals surface area contributed by atoms with Gasteiger partial charge in [-0.3, -0.25) is 4.90 Å². The van der Waals surface area contributed by atoms with Crippen molar-refractivity contribution in [3.05, 3.63) is 59.4 Å². The molecule has 3 rings (SSSR count). The third-order valence-electron chi connectivity index (χ3n) is 4.82. The topological polar surface area (TPSA) is 44.7 Å². The van der Waals surface area contributed by atoms with E-state index in [1.54, 1.807) is 12.1 Å². The quantitative estimate of drug-likeness (QED) is 0.792. The van der Waals surface area contributed by atoms with Crippen LogP contribution >= 0.6 is 0 Å². The second-order valence-electron chi connectivity index (χ2n) is 6.74. The molecule has 2 N–H and O–H groups in total. The Morgan fingerprint density at radius 2 is 2.00 bits per heavy atom. The van der Waals surface area contributed by atoms with Gasteiger partial charge in [-0.1, -0.05) is 30.3 Å². The van der Waals surface area contributed by atoms with Gasteiger partial charge in [-0.15, -0.1) is 0 Å². The number of aromatic hydroxyl groups is 1. The zero-order valence-electron chi connectivity index (χ0n) is 15.2. The van der Waals surface area contributed by atoms with Crippen LogP contribution in [-0.4, -0.2) is 35.7 Å². The first-order chi connectivity index (χ1) is 12.7. The van der Waals surface area contributed by atoms with Crippen LogP contribution in [0.1, 0.15) is 30.9 Å². The Kier molecular flexibility index (Phi) is 6.47. The molecule has 0 radical (unpaired) electrons. The van der Waals surface area contributed by atoms with Crippen LogP contribution in [0.15, 0.2) is 42.5 Å². The molecule has 0 aliphatic carbocycles. The Balaban J connectivity index is 1.56. The maximum atomic E-state index is 13.9. The lowest BCUT2D eigenvalue weighted by Crippen LogP contribution is -2.45. The molecule has 0 spiro atoms. The summed E-state index contributed by atoms with van der Waals surface area (Å²) < 4.78 is 19.3. The molecule has 5 heteroatoms. The minimum absolute atomic E-state index is 0.139. The number of benzene rings is 2. The molecule has 1 aliphatic heterocycles. The molecule has 0 bridgehead atoms. The molecule has 1 atom stereocenters. The fraction of sp³-hybridized carbons (Fsp3) is 0.429. The molecule has 1 heterocycles. The average Bonchev–Trinajstić information content (AvgIpc) is 2.65. The monoisotopic (exact) mass is 358 g/mol. The van der Waals surface area contributed by atoms with Crippen LogP contribution < -0.4 is 10.1 Å². The van der Waals surface area contributed by atoms with E-state index in [9.17, 15) is 9.50 Å². The highest BCUT2D eigenvalue weighted by atomic mass is 19.1. The first kappa shape index (κ1) is 18.7. The maximum absolute atomic E-state index is 13.9. The summed E-state index contributed by atoms with van der Waals surface area (Å²) in [5.41, 5.74) is 1.58. The van der Waals surface area contributed by atoms with Crippen molar-refractivity contribution >= 4 is 0 Å².